The Hall–Kier alpha value is -2.63. The van der Waals surface area contributed by atoms with Gasteiger partial charge in [0.15, 0.2) is 6.10 Å². The molecular weight excluding hydrogens is 757 g/mol. The van der Waals surface area contributed by atoms with Crippen LogP contribution in [0.15, 0.2) is 48.6 Å². The summed E-state index contributed by atoms with van der Waals surface area (Å²) in [6.45, 7) is 6.58. The lowest BCUT2D eigenvalue weighted by Gasteiger charge is -2.18. The number of esters is 3. The molecule has 0 spiro atoms. The summed E-state index contributed by atoms with van der Waals surface area (Å²) >= 11 is 0. The highest BCUT2D eigenvalue weighted by molar-refractivity contribution is 5.71. The summed E-state index contributed by atoms with van der Waals surface area (Å²) in [5, 5.41) is 0. The summed E-state index contributed by atoms with van der Waals surface area (Å²) in [6, 6.07) is 0. The molecule has 6 nitrogen and oxygen atoms in total. The molecule has 0 aliphatic carbocycles. The van der Waals surface area contributed by atoms with Crippen molar-refractivity contribution >= 4 is 17.9 Å². The van der Waals surface area contributed by atoms with Gasteiger partial charge in [-0.25, -0.2) is 0 Å². The molecule has 1 unspecified atom stereocenters. The molecule has 0 aliphatic rings. The fraction of sp³-hybridized carbons (Fsp3) is 0.800. The molecule has 0 radical (unpaired) electrons. The summed E-state index contributed by atoms with van der Waals surface area (Å²) in [6.07, 6.45) is 59.5. The standard InChI is InChI=1S/C55H98O6/c1-4-7-10-13-16-19-22-25-27-29-30-33-36-39-42-45-48-54(57)60-51-52(50-59-53(56)47-44-41-38-35-32-24-21-18-15-12-9-6-3)61-55(58)49-46-43-40-37-34-31-28-26-23-20-17-14-11-8-5-2/h17,20,23,26-27,29-30,33,52H,4-16,18-19,21-22,24-25,28,31-32,34-51H2,1-3H3/b20-17-,26-23-,29-27-,33-30-. The number of rotatable bonds is 47. The molecular formula is C55H98O6. The Morgan fingerprint density at radius 3 is 0.918 bits per heavy atom. The summed E-state index contributed by atoms with van der Waals surface area (Å²) in [5.41, 5.74) is 0. The van der Waals surface area contributed by atoms with Crippen molar-refractivity contribution < 1.29 is 28.6 Å². The number of carbonyl (C=O) groups is 3. The molecule has 0 aromatic heterocycles. The molecule has 0 amide bonds. The van der Waals surface area contributed by atoms with Crippen molar-refractivity contribution in [3.05, 3.63) is 48.6 Å². The van der Waals surface area contributed by atoms with Gasteiger partial charge in [0, 0.05) is 19.3 Å². The molecule has 0 N–H and O–H groups in total. The van der Waals surface area contributed by atoms with Gasteiger partial charge in [-0.2, -0.15) is 0 Å². The van der Waals surface area contributed by atoms with Crippen molar-refractivity contribution in [3.8, 4) is 0 Å². The third kappa shape index (κ3) is 48.3. The van der Waals surface area contributed by atoms with E-state index in [4.69, 9.17) is 14.2 Å². The summed E-state index contributed by atoms with van der Waals surface area (Å²) in [7, 11) is 0. The summed E-state index contributed by atoms with van der Waals surface area (Å²) < 4.78 is 16.8. The Labute approximate surface area is 378 Å². The van der Waals surface area contributed by atoms with Crippen molar-refractivity contribution in [1.29, 1.82) is 0 Å². The van der Waals surface area contributed by atoms with Gasteiger partial charge in [0.25, 0.3) is 0 Å². The lowest BCUT2D eigenvalue weighted by molar-refractivity contribution is -0.167. The molecule has 6 heteroatoms. The minimum Gasteiger partial charge on any atom is -0.462 e. The number of hydrogen-bond donors (Lipinski definition) is 0. The largest absolute Gasteiger partial charge is 0.462 e. The first kappa shape index (κ1) is 58.4. The van der Waals surface area contributed by atoms with Gasteiger partial charge >= 0.3 is 17.9 Å². The molecule has 0 bridgehead atoms. The Kier molecular flexibility index (Phi) is 47.9. The molecule has 0 aromatic carbocycles. The SMILES string of the molecule is CCCCC/C=C\C=C/CCCCCCCCC(=O)OC(COC(=O)CCCCC/C=C\C=C/CCCCCCCCC)COC(=O)CCCCCCCCCCCCCC. The Morgan fingerprint density at radius 1 is 0.328 bits per heavy atom. The second-order valence-corrected chi connectivity index (χ2v) is 17.5. The van der Waals surface area contributed by atoms with Crippen molar-refractivity contribution in [1.82, 2.24) is 0 Å². The maximum atomic E-state index is 12.8. The molecule has 61 heavy (non-hydrogen) atoms. The van der Waals surface area contributed by atoms with Crippen LogP contribution in [-0.4, -0.2) is 37.2 Å². The van der Waals surface area contributed by atoms with Gasteiger partial charge < -0.3 is 14.2 Å². The molecule has 0 aromatic rings. The van der Waals surface area contributed by atoms with Gasteiger partial charge in [-0.1, -0.05) is 223 Å². The Balaban J connectivity index is 4.42. The number of ether oxygens (including phenoxy) is 3. The number of allylic oxidation sites excluding steroid dienone is 8. The highest BCUT2D eigenvalue weighted by Gasteiger charge is 2.19. The van der Waals surface area contributed by atoms with Crippen molar-refractivity contribution in [2.24, 2.45) is 0 Å². The number of carbonyl (C=O) groups excluding carboxylic acids is 3. The number of hydrogen-bond acceptors (Lipinski definition) is 6. The van der Waals surface area contributed by atoms with E-state index in [1.807, 2.05) is 0 Å². The average Bonchev–Trinajstić information content (AvgIpc) is 3.26. The molecule has 1 atom stereocenters. The van der Waals surface area contributed by atoms with Gasteiger partial charge in [0.05, 0.1) is 0 Å². The first-order valence-corrected chi connectivity index (χ1v) is 26.2. The highest BCUT2D eigenvalue weighted by atomic mass is 16.6. The third-order valence-corrected chi connectivity index (χ3v) is 11.4. The normalized spacial score (nSPS) is 12.4. The highest BCUT2D eigenvalue weighted by Crippen LogP contribution is 2.15. The monoisotopic (exact) mass is 855 g/mol. The molecule has 0 heterocycles. The van der Waals surface area contributed by atoms with Crippen LogP contribution in [0.4, 0.5) is 0 Å². The first-order chi connectivity index (χ1) is 30.0. The van der Waals surface area contributed by atoms with Gasteiger partial charge in [0.2, 0.25) is 0 Å². The van der Waals surface area contributed by atoms with Crippen LogP contribution in [0, 0.1) is 0 Å². The lowest BCUT2D eigenvalue weighted by Crippen LogP contribution is -2.30. The van der Waals surface area contributed by atoms with E-state index in [0.717, 1.165) is 83.5 Å². The van der Waals surface area contributed by atoms with Crippen molar-refractivity contribution in [3.63, 3.8) is 0 Å². The maximum absolute atomic E-state index is 12.8. The van der Waals surface area contributed by atoms with Crippen LogP contribution in [0.25, 0.3) is 0 Å². The summed E-state index contributed by atoms with van der Waals surface area (Å²) in [4.78, 5) is 37.9. The van der Waals surface area contributed by atoms with E-state index in [1.54, 1.807) is 0 Å². The molecule has 0 fully saturated rings. The second kappa shape index (κ2) is 50.0. The van der Waals surface area contributed by atoms with Crippen LogP contribution < -0.4 is 0 Å². The van der Waals surface area contributed by atoms with Gasteiger partial charge in [-0.15, -0.1) is 0 Å². The Bertz CT molecular complexity index is 1070. The van der Waals surface area contributed by atoms with Crippen molar-refractivity contribution in [2.75, 3.05) is 13.2 Å². The van der Waals surface area contributed by atoms with Crippen LogP contribution in [0.1, 0.15) is 265 Å². The van der Waals surface area contributed by atoms with E-state index in [0.29, 0.717) is 19.3 Å². The van der Waals surface area contributed by atoms with E-state index < -0.39 is 6.10 Å². The second-order valence-electron chi connectivity index (χ2n) is 17.5. The quantitative estimate of drug-likeness (QED) is 0.0263. The zero-order valence-electron chi connectivity index (χ0n) is 40.4. The van der Waals surface area contributed by atoms with Crippen LogP contribution in [0.2, 0.25) is 0 Å². The predicted molar refractivity (Wildman–Crippen MR) is 261 cm³/mol. The van der Waals surface area contributed by atoms with Crippen LogP contribution in [0.5, 0.6) is 0 Å². The number of unbranched alkanes of at least 4 members (excludes halogenated alkanes) is 30. The maximum Gasteiger partial charge on any atom is 0.306 e. The van der Waals surface area contributed by atoms with E-state index in [2.05, 4.69) is 69.4 Å². The van der Waals surface area contributed by atoms with E-state index in [9.17, 15) is 14.4 Å². The smallest absolute Gasteiger partial charge is 0.306 e. The van der Waals surface area contributed by atoms with Crippen LogP contribution in [-0.2, 0) is 28.6 Å². The van der Waals surface area contributed by atoms with Crippen molar-refractivity contribution in [2.45, 2.75) is 271 Å². The van der Waals surface area contributed by atoms with E-state index in [-0.39, 0.29) is 31.1 Å². The summed E-state index contributed by atoms with van der Waals surface area (Å²) in [5.74, 6) is -0.916. The first-order valence-electron chi connectivity index (χ1n) is 26.2. The lowest BCUT2D eigenvalue weighted by atomic mass is 10.0. The van der Waals surface area contributed by atoms with Crippen LogP contribution >= 0.6 is 0 Å². The minimum absolute atomic E-state index is 0.0843. The third-order valence-electron chi connectivity index (χ3n) is 11.4. The predicted octanol–water partition coefficient (Wildman–Crippen LogP) is 17.1. The van der Waals surface area contributed by atoms with Gasteiger partial charge in [-0.05, 0) is 70.6 Å². The van der Waals surface area contributed by atoms with Gasteiger partial charge in [0.1, 0.15) is 13.2 Å². The zero-order valence-corrected chi connectivity index (χ0v) is 40.4. The molecule has 0 saturated heterocycles. The minimum atomic E-state index is -0.786. The van der Waals surface area contributed by atoms with Gasteiger partial charge in [-0.3, -0.25) is 14.4 Å². The zero-order chi connectivity index (χ0) is 44.4. The molecule has 0 aliphatic heterocycles. The van der Waals surface area contributed by atoms with Crippen LogP contribution in [0.3, 0.4) is 0 Å². The molecule has 0 saturated carbocycles. The van der Waals surface area contributed by atoms with E-state index >= 15 is 0 Å². The molecule has 354 valence electrons. The fourth-order valence-corrected chi connectivity index (χ4v) is 7.37. The topological polar surface area (TPSA) is 78.9 Å². The van der Waals surface area contributed by atoms with E-state index in [1.165, 1.54) is 141 Å². The Morgan fingerprint density at radius 2 is 0.574 bits per heavy atom. The average molecular weight is 855 g/mol. The fourth-order valence-electron chi connectivity index (χ4n) is 7.37. The molecule has 0 rings (SSSR count).